The summed E-state index contributed by atoms with van der Waals surface area (Å²) in [6.07, 6.45) is 0.506. The minimum Gasteiger partial charge on any atom is -0.315 e. The lowest BCUT2D eigenvalue weighted by Crippen LogP contribution is -2.25. The van der Waals surface area contributed by atoms with Crippen molar-refractivity contribution in [2.24, 2.45) is 0 Å². The number of carbonyl (C=O) groups excluding carboxylic acids is 1. The van der Waals surface area contributed by atoms with Crippen molar-refractivity contribution in [3.05, 3.63) is 59.2 Å². The van der Waals surface area contributed by atoms with Crippen LogP contribution in [0.15, 0.2) is 42.5 Å². The van der Waals surface area contributed by atoms with Crippen LogP contribution < -0.4 is 4.90 Å². The van der Waals surface area contributed by atoms with Crippen molar-refractivity contribution >= 4 is 36.8 Å². The van der Waals surface area contributed by atoms with E-state index in [4.69, 9.17) is 0 Å². The molecule has 1 amide bonds. The molecule has 0 aliphatic rings. The van der Waals surface area contributed by atoms with E-state index in [1.165, 1.54) is 15.1 Å². The number of thiol groups is 1. The van der Waals surface area contributed by atoms with E-state index in [0.717, 1.165) is 16.9 Å². The highest BCUT2D eigenvalue weighted by Gasteiger charge is 2.13. The molecule has 0 radical (unpaired) electrons. The molecule has 0 aliphatic carbocycles. The molecule has 0 heterocycles. The summed E-state index contributed by atoms with van der Waals surface area (Å²) in [6, 6.07) is 14.2. The number of hydrogen-bond acceptors (Lipinski definition) is 2. The summed E-state index contributed by atoms with van der Waals surface area (Å²) in [5.74, 6) is 0.105. The molecule has 2 rings (SSSR count). The van der Waals surface area contributed by atoms with Gasteiger partial charge in [-0.25, -0.2) is 0 Å². The first-order chi connectivity index (χ1) is 11.3. The molecular formula is C20H27N2OS+. The first kappa shape index (κ1) is 20.0. The maximum atomic E-state index is 11.6. The predicted molar refractivity (Wildman–Crippen MR) is 107 cm³/mol. The SMILES string of the molecule is C=[N+](S)c1ccc(N(C)C(=O)CC)c(C)c1.Cc1cccc(C)c1. The van der Waals surface area contributed by atoms with Gasteiger partial charge in [-0.2, -0.15) is 0 Å². The Morgan fingerprint density at radius 1 is 1.12 bits per heavy atom. The van der Waals surface area contributed by atoms with Gasteiger partial charge < -0.3 is 4.90 Å². The van der Waals surface area contributed by atoms with Crippen LogP contribution in [-0.2, 0) is 4.79 Å². The Hall–Kier alpha value is -2.07. The molecule has 0 saturated heterocycles. The number of anilines is 1. The molecule has 3 nitrogen and oxygen atoms in total. The minimum atomic E-state index is 0.105. The molecule has 0 fully saturated rings. The number of aryl methyl sites for hydroxylation is 3. The van der Waals surface area contributed by atoms with Crippen LogP contribution in [0, 0.1) is 20.8 Å². The van der Waals surface area contributed by atoms with Gasteiger partial charge >= 0.3 is 0 Å². The van der Waals surface area contributed by atoms with Gasteiger partial charge in [-0.05, 0) is 32.4 Å². The van der Waals surface area contributed by atoms with E-state index < -0.39 is 0 Å². The van der Waals surface area contributed by atoms with Crippen LogP contribution >= 0.6 is 12.8 Å². The maximum absolute atomic E-state index is 11.6. The number of rotatable bonds is 3. The molecule has 2 aromatic carbocycles. The van der Waals surface area contributed by atoms with Crippen LogP contribution in [0.2, 0.25) is 0 Å². The van der Waals surface area contributed by atoms with Gasteiger partial charge in [-0.15, -0.1) is 3.98 Å². The Labute approximate surface area is 151 Å². The van der Waals surface area contributed by atoms with Crippen LogP contribution in [0.1, 0.15) is 30.0 Å². The van der Waals surface area contributed by atoms with E-state index >= 15 is 0 Å². The quantitative estimate of drug-likeness (QED) is 0.480. The Morgan fingerprint density at radius 2 is 1.71 bits per heavy atom. The van der Waals surface area contributed by atoms with Crippen molar-refractivity contribution in [1.29, 1.82) is 0 Å². The van der Waals surface area contributed by atoms with E-state index in [1.54, 1.807) is 11.9 Å². The van der Waals surface area contributed by atoms with E-state index in [-0.39, 0.29) is 5.91 Å². The normalized spacial score (nSPS) is 9.75. The van der Waals surface area contributed by atoms with Crippen LogP contribution in [0.3, 0.4) is 0 Å². The van der Waals surface area contributed by atoms with Gasteiger partial charge in [-0.1, -0.05) is 42.3 Å². The number of benzene rings is 2. The van der Waals surface area contributed by atoms with Gasteiger partial charge in [0.1, 0.15) is 19.5 Å². The second-order valence-electron chi connectivity index (χ2n) is 5.83. The fourth-order valence-electron chi connectivity index (χ4n) is 2.36. The summed E-state index contributed by atoms with van der Waals surface area (Å²) in [5.41, 5.74) is 5.53. The van der Waals surface area contributed by atoms with Gasteiger partial charge in [-0.3, -0.25) is 4.79 Å². The van der Waals surface area contributed by atoms with Gasteiger partial charge in [0, 0.05) is 31.3 Å². The predicted octanol–water partition coefficient (Wildman–Crippen LogP) is 4.86. The lowest BCUT2D eigenvalue weighted by atomic mass is 10.1. The summed E-state index contributed by atoms with van der Waals surface area (Å²) in [7, 11) is 1.79. The van der Waals surface area contributed by atoms with Crippen LogP contribution in [0.25, 0.3) is 0 Å². The summed E-state index contributed by atoms with van der Waals surface area (Å²) >= 11 is 4.12. The molecule has 0 N–H and O–H groups in total. The Kier molecular flexibility index (Phi) is 7.72. The Bertz CT molecular complexity index is 708. The van der Waals surface area contributed by atoms with Crippen LogP contribution in [0.5, 0.6) is 0 Å². The standard InChI is InChI=1S/C12H17N2OS.C8H10/c1-5-12(15)13(3)11-7-6-10(14(4)16)8-9(11)2;1-7-4-3-5-8(2)6-7/h6-8,16H,4-5H2,1-3H3;3-6H,1-2H3/q+1;. The zero-order valence-electron chi connectivity index (χ0n) is 15.2. The maximum Gasteiger partial charge on any atom is 0.226 e. The van der Waals surface area contributed by atoms with E-state index in [0.29, 0.717) is 6.42 Å². The fourth-order valence-corrected chi connectivity index (χ4v) is 2.48. The third kappa shape index (κ3) is 5.85. The summed E-state index contributed by atoms with van der Waals surface area (Å²) in [5, 5.41) is 0. The smallest absolute Gasteiger partial charge is 0.226 e. The van der Waals surface area contributed by atoms with E-state index in [1.807, 2.05) is 32.0 Å². The molecule has 128 valence electrons. The van der Waals surface area contributed by atoms with Crippen molar-refractivity contribution in [2.45, 2.75) is 34.1 Å². The third-order valence-corrected chi connectivity index (χ3v) is 3.92. The summed E-state index contributed by atoms with van der Waals surface area (Å²) in [4.78, 5) is 13.2. The van der Waals surface area contributed by atoms with Crippen molar-refractivity contribution < 1.29 is 8.78 Å². The van der Waals surface area contributed by atoms with Crippen molar-refractivity contribution in [3.63, 3.8) is 0 Å². The summed E-state index contributed by atoms with van der Waals surface area (Å²) < 4.78 is 1.50. The van der Waals surface area contributed by atoms with E-state index in [2.05, 4.69) is 57.6 Å². The molecular weight excluding hydrogens is 316 g/mol. The van der Waals surface area contributed by atoms with Gasteiger partial charge in [0.2, 0.25) is 11.6 Å². The molecule has 2 aromatic rings. The average Bonchev–Trinajstić information content (AvgIpc) is 2.53. The molecule has 0 spiro atoms. The van der Waals surface area contributed by atoms with Crippen molar-refractivity contribution in [3.8, 4) is 0 Å². The van der Waals surface area contributed by atoms with Gasteiger partial charge in [0.15, 0.2) is 0 Å². The topological polar surface area (TPSA) is 23.3 Å². The minimum absolute atomic E-state index is 0.105. The van der Waals surface area contributed by atoms with Crippen LogP contribution in [-0.4, -0.2) is 23.7 Å². The molecule has 0 unspecified atom stereocenters. The first-order valence-electron chi connectivity index (χ1n) is 7.96. The highest BCUT2D eigenvalue weighted by molar-refractivity contribution is 7.73. The largest absolute Gasteiger partial charge is 0.315 e. The zero-order valence-corrected chi connectivity index (χ0v) is 16.1. The Morgan fingerprint density at radius 3 is 2.08 bits per heavy atom. The second kappa shape index (κ2) is 9.28. The number of carbonyl (C=O) groups is 1. The van der Waals surface area contributed by atoms with Gasteiger partial charge in [0.05, 0.1) is 0 Å². The van der Waals surface area contributed by atoms with Crippen LogP contribution in [0.4, 0.5) is 11.4 Å². The molecule has 0 aliphatic heterocycles. The highest BCUT2D eigenvalue weighted by Crippen LogP contribution is 2.24. The lowest BCUT2D eigenvalue weighted by Gasteiger charge is -2.18. The van der Waals surface area contributed by atoms with Crippen molar-refractivity contribution in [2.75, 3.05) is 11.9 Å². The molecule has 0 saturated carbocycles. The summed E-state index contributed by atoms with van der Waals surface area (Å²) in [6.45, 7) is 11.7. The fraction of sp³-hybridized carbons (Fsp3) is 0.300. The monoisotopic (exact) mass is 343 g/mol. The second-order valence-corrected chi connectivity index (χ2v) is 6.32. The number of hydrogen-bond donors (Lipinski definition) is 1. The molecule has 0 bridgehead atoms. The molecule has 0 atom stereocenters. The number of amides is 1. The average molecular weight is 344 g/mol. The molecule has 24 heavy (non-hydrogen) atoms. The third-order valence-electron chi connectivity index (χ3n) is 3.69. The highest BCUT2D eigenvalue weighted by atomic mass is 32.1. The lowest BCUT2D eigenvalue weighted by molar-refractivity contribution is -0.220. The molecule has 4 heteroatoms. The van der Waals surface area contributed by atoms with E-state index in [9.17, 15) is 4.79 Å². The first-order valence-corrected chi connectivity index (χ1v) is 8.36. The van der Waals surface area contributed by atoms with Crippen molar-refractivity contribution in [1.82, 2.24) is 0 Å². The van der Waals surface area contributed by atoms with Gasteiger partial charge in [0.25, 0.3) is 0 Å². The molecule has 0 aromatic heterocycles. The zero-order chi connectivity index (χ0) is 18.3. The number of nitrogens with zero attached hydrogens (tertiary/aromatic N) is 2. The Balaban J connectivity index is 0.000000300.